The summed E-state index contributed by atoms with van der Waals surface area (Å²) < 4.78 is 0. The van der Waals surface area contributed by atoms with Crippen molar-refractivity contribution >= 4 is 11.9 Å². The van der Waals surface area contributed by atoms with Gasteiger partial charge in [-0.2, -0.15) is 0 Å². The molecule has 20 heavy (non-hydrogen) atoms. The molecule has 2 aromatic rings. The minimum absolute atomic E-state index is 0.170. The average molecular weight is 269 g/mol. The average Bonchev–Trinajstić information content (AvgIpc) is 2.41. The molecule has 0 atom stereocenters. The van der Waals surface area contributed by atoms with Gasteiger partial charge in [0.05, 0.1) is 0 Å². The minimum Gasteiger partial charge on any atom is -0.507 e. The molecule has 0 saturated heterocycles. The fourth-order valence-corrected chi connectivity index (χ4v) is 2.04. The zero-order chi connectivity index (χ0) is 14.7. The smallest absolute Gasteiger partial charge is 0.144 e. The van der Waals surface area contributed by atoms with Gasteiger partial charge in [-0.15, -0.1) is 0 Å². The van der Waals surface area contributed by atoms with Crippen LogP contribution in [0.3, 0.4) is 0 Å². The number of aryl methyl sites for hydroxylation is 1. The SMILES string of the molecule is Cc1cccc(N=Cc2cccc(C(C)C)c2O)c1O. The molecule has 3 nitrogen and oxygen atoms in total. The summed E-state index contributed by atoms with van der Waals surface area (Å²) in [5.41, 5.74) is 2.82. The molecule has 0 radical (unpaired) electrons. The first-order chi connectivity index (χ1) is 9.50. The highest BCUT2D eigenvalue weighted by atomic mass is 16.3. The van der Waals surface area contributed by atoms with Gasteiger partial charge in [0, 0.05) is 11.8 Å². The molecular formula is C17H19NO2. The van der Waals surface area contributed by atoms with E-state index in [-0.39, 0.29) is 17.4 Å². The van der Waals surface area contributed by atoms with Crippen molar-refractivity contribution in [1.29, 1.82) is 0 Å². The molecule has 0 aliphatic rings. The quantitative estimate of drug-likeness (QED) is 0.817. The van der Waals surface area contributed by atoms with E-state index in [0.29, 0.717) is 11.3 Å². The highest BCUT2D eigenvalue weighted by Gasteiger charge is 2.08. The van der Waals surface area contributed by atoms with Crippen molar-refractivity contribution in [2.75, 3.05) is 0 Å². The summed E-state index contributed by atoms with van der Waals surface area (Å²) in [5, 5.41) is 20.1. The van der Waals surface area contributed by atoms with Gasteiger partial charge >= 0.3 is 0 Å². The van der Waals surface area contributed by atoms with Gasteiger partial charge in [0.1, 0.15) is 17.2 Å². The highest BCUT2D eigenvalue weighted by molar-refractivity contribution is 5.86. The van der Waals surface area contributed by atoms with Crippen molar-refractivity contribution in [3.63, 3.8) is 0 Å². The largest absolute Gasteiger partial charge is 0.507 e. The second-order valence-corrected chi connectivity index (χ2v) is 5.14. The number of hydrogen-bond acceptors (Lipinski definition) is 3. The van der Waals surface area contributed by atoms with Crippen molar-refractivity contribution in [3.8, 4) is 11.5 Å². The summed E-state index contributed by atoms with van der Waals surface area (Å²) in [6, 6.07) is 11.0. The lowest BCUT2D eigenvalue weighted by molar-refractivity contribution is 0.464. The molecule has 0 aromatic heterocycles. The summed E-state index contributed by atoms with van der Waals surface area (Å²) in [4.78, 5) is 4.26. The normalized spacial score (nSPS) is 11.4. The standard InChI is InChI=1S/C17H19NO2/c1-11(2)14-8-5-7-13(17(14)20)10-18-15-9-4-6-12(3)16(15)19/h4-11,19-20H,1-3H3. The number of aliphatic imine (C=N–C) groups is 1. The summed E-state index contributed by atoms with van der Waals surface area (Å²) in [7, 11) is 0. The van der Waals surface area contributed by atoms with E-state index in [1.165, 1.54) is 0 Å². The molecule has 0 unspecified atom stereocenters. The Labute approximate surface area is 119 Å². The van der Waals surface area contributed by atoms with Gasteiger partial charge in [0.2, 0.25) is 0 Å². The Kier molecular flexibility index (Phi) is 4.08. The van der Waals surface area contributed by atoms with E-state index < -0.39 is 0 Å². The van der Waals surface area contributed by atoms with Gasteiger partial charge in [-0.1, -0.05) is 38.1 Å². The van der Waals surface area contributed by atoms with Crippen LogP contribution in [0.2, 0.25) is 0 Å². The predicted octanol–water partition coefficient (Wildman–Crippen LogP) is 4.28. The minimum atomic E-state index is 0.170. The van der Waals surface area contributed by atoms with E-state index in [2.05, 4.69) is 4.99 Å². The number of nitrogens with zero attached hydrogens (tertiary/aromatic N) is 1. The highest BCUT2D eigenvalue weighted by Crippen LogP contribution is 2.31. The first-order valence-electron chi connectivity index (χ1n) is 6.65. The Hall–Kier alpha value is -2.29. The summed E-state index contributed by atoms with van der Waals surface area (Å²) in [5.74, 6) is 0.664. The van der Waals surface area contributed by atoms with E-state index in [4.69, 9.17) is 0 Å². The van der Waals surface area contributed by atoms with E-state index in [1.54, 1.807) is 18.3 Å². The van der Waals surface area contributed by atoms with Crippen LogP contribution in [0.4, 0.5) is 5.69 Å². The monoisotopic (exact) mass is 269 g/mol. The Bertz CT molecular complexity index is 645. The van der Waals surface area contributed by atoms with Crippen molar-refractivity contribution < 1.29 is 10.2 Å². The van der Waals surface area contributed by atoms with Crippen molar-refractivity contribution in [1.82, 2.24) is 0 Å². The second-order valence-electron chi connectivity index (χ2n) is 5.14. The van der Waals surface area contributed by atoms with Crippen LogP contribution in [-0.4, -0.2) is 16.4 Å². The molecule has 0 amide bonds. The van der Waals surface area contributed by atoms with E-state index in [1.807, 2.05) is 45.0 Å². The van der Waals surface area contributed by atoms with Crippen LogP contribution < -0.4 is 0 Å². The molecule has 0 aliphatic heterocycles. The van der Waals surface area contributed by atoms with Crippen LogP contribution in [0.1, 0.15) is 36.5 Å². The number of para-hydroxylation sites is 2. The van der Waals surface area contributed by atoms with Gasteiger partial charge in [-0.25, -0.2) is 0 Å². The lowest BCUT2D eigenvalue weighted by atomic mass is 9.99. The van der Waals surface area contributed by atoms with E-state index >= 15 is 0 Å². The predicted molar refractivity (Wildman–Crippen MR) is 82.3 cm³/mol. The third-order valence-electron chi connectivity index (χ3n) is 3.28. The third kappa shape index (κ3) is 2.82. The number of aromatic hydroxyl groups is 2. The molecular weight excluding hydrogens is 250 g/mol. The third-order valence-corrected chi connectivity index (χ3v) is 3.28. The maximum Gasteiger partial charge on any atom is 0.144 e. The molecule has 0 heterocycles. The van der Waals surface area contributed by atoms with Crippen LogP contribution in [0.5, 0.6) is 11.5 Å². The molecule has 0 fully saturated rings. The second kappa shape index (κ2) is 5.78. The summed E-state index contributed by atoms with van der Waals surface area (Å²) in [6.45, 7) is 5.88. The zero-order valence-electron chi connectivity index (χ0n) is 12.0. The molecule has 0 bridgehead atoms. The van der Waals surface area contributed by atoms with Crippen molar-refractivity contribution in [2.24, 2.45) is 4.99 Å². The Morgan fingerprint density at radius 2 is 1.70 bits per heavy atom. The lowest BCUT2D eigenvalue weighted by Crippen LogP contribution is -1.92. The van der Waals surface area contributed by atoms with Crippen LogP contribution in [0.25, 0.3) is 0 Å². The Morgan fingerprint density at radius 1 is 1.00 bits per heavy atom. The van der Waals surface area contributed by atoms with Gasteiger partial charge in [-0.3, -0.25) is 4.99 Å². The maximum absolute atomic E-state index is 10.2. The molecule has 2 rings (SSSR count). The first-order valence-corrected chi connectivity index (χ1v) is 6.65. The van der Waals surface area contributed by atoms with Crippen LogP contribution in [0, 0.1) is 6.92 Å². The number of benzene rings is 2. The number of hydrogen-bond donors (Lipinski definition) is 2. The number of phenolic OH excluding ortho intramolecular Hbond substituents is 2. The van der Waals surface area contributed by atoms with Gasteiger partial charge in [-0.05, 0) is 36.1 Å². The van der Waals surface area contributed by atoms with Crippen molar-refractivity contribution in [3.05, 3.63) is 53.1 Å². The summed E-state index contributed by atoms with van der Waals surface area (Å²) in [6.07, 6.45) is 1.58. The van der Waals surface area contributed by atoms with Gasteiger partial charge in [0.15, 0.2) is 0 Å². The van der Waals surface area contributed by atoms with Crippen LogP contribution in [0.15, 0.2) is 41.4 Å². The number of rotatable bonds is 3. The molecule has 0 spiro atoms. The fraction of sp³-hybridized carbons (Fsp3) is 0.235. The Morgan fingerprint density at radius 3 is 2.40 bits per heavy atom. The topological polar surface area (TPSA) is 52.8 Å². The molecule has 0 saturated carbocycles. The molecule has 2 aromatic carbocycles. The lowest BCUT2D eigenvalue weighted by Gasteiger charge is -2.09. The first kappa shape index (κ1) is 14.1. The van der Waals surface area contributed by atoms with Gasteiger partial charge in [0.25, 0.3) is 0 Å². The maximum atomic E-state index is 10.2. The van der Waals surface area contributed by atoms with E-state index in [0.717, 1.165) is 11.1 Å². The van der Waals surface area contributed by atoms with Gasteiger partial charge < -0.3 is 10.2 Å². The molecule has 0 aliphatic carbocycles. The number of phenols is 2. The molecule has 3 heteroatoms. The zero-order valence-corrected chi connectivity index (χ0v) is 12.0. The van der Waals surface area contributed by atoms with Crippen LogP contribution >= 0.6 is 0 Å². The van der Waals surface area contributed by atoms with E-state index in [9.17, 15) is 10.2 Å². The van der Waals surface area contributed by atoms with Crippen molar-refractivity contribution in [2.45, 2.75) is 26.7 Å². The fourth-order valence-electron chi connectivity index (χ4n) is 2.04. The van der Waals surface area contributed by atoms with Crippen LogP contribution in [-0.2, 0) is 0 Å². The molecule has 2 N–H and O–H groups in total. The summed E-state index contributed by atoms with van der Waals surface area (Å²) >= 11 is 0. The Balaban J connectivity index is 2.37. The molecule has 104 valence electrons.